The molecule has 0 radical (unpaired) electrons. The lowest BCUT2D eigenvalue weighted by atomic mass is 10.0. The first-order valence-electron chi connectivity index (χ1n) is 6.11. The van der Waals surface area contributed by atoms with Crippen molar-refractivity contribution >= 4 is 27.7 Å². The van der Waals surface area contributed by atoms with Crippen molar-refractivity contribution in [1.29, 1.82) is 0 Å². The van der Waals surface area contributed by atoms with E-state index in [2.05, 4.69) is 45.3 Å². The number of nitrogens with one attached hydrogen (secondary N) is 1. The summed E-state index contributed by atoms with van der Waals surface area (Å²) in [5.74, 6) is 0.566. The minimum Gasteiger partial charge on any atom is -0.311 e. The molecule has 0 saturated heterocycles. The summed E-state index contributed by atoms with van der Waals surface area (Å²) in [4.78, 5) is 15.9. The zero-order valence-electron chi connectivity index (χ0n) is 10.7. The van der Waals surface area contributed by atoms with Gasteiger partial charge in [0.1, 0.15) is 5.82 Å². The normalized spacial score (nSPS) is 10.2. The molecular formula is C15H15BrN2O. The standard InChI is InChI=1S/C15H15BrN2O/c1-11-4-2-3-5-12(11)6-9-15(19)18-14-8-7-13(16)10-17-14/h2-5,7-8,10H,6,9H2,1H3,(H,17,18,19). The number of aryl methyl sites for hydroxylation is 2. The summed E-state index contributed by atoms with van der Waals surface area (Å²) in [5, 5.41) is 2.79. The van der Waals surface area contributed by atoms with Crippen molar-refractivity contribution in [3.63, 3.8) is 0 Å². The average molecular weight is 319 g/mol. The first kappa shape index (κ1) is 13.7. The van der Waals surface area contributed by atoms with Gasteiger partial charge in [0.25, 0.3) is 0 Å². The first-order valence-corrected chi connectivity index (χ1v) is 6.90. The summed E-state index contributed by atoms with van der Waals surface area (Å²) in [6, 6.07) is 11.7. The second kappa shape index (κ2) is 6.48. The molecule has 2 aromatic rings. The molecule has 0 aliphatic carbocycles. The fourth-order valence-corrected chi connectivity index (χ4v) is 2.03. The van der Waals surface area contributed by atoms with Gasteiger partial charge in [0.05, 0.1) is 0 Å². The van der Waals surface area contributed by atoms with Crippen LogP contribution in [0.3, 0.4) is 0 Å². The number of aromatic nitrogens is 1. The average Bonchev–Trinajstić information content (AvgIpc) is 2.40. The van der Waals surface area contributed by atoms with E-state index in [1.807, 2.05) is 18.2 Å². The van der Waals surface area contributed by atoms with Crippen molar-refractivity contribution in [2.45, 2.75) is 19.8 Å². The number of hydrogen-bond acceptors (Lipinski definition) is 2. The Kier molecular flexibility index (Phi) is 4.68. The number of benzene rings is 1. The van der Waals surface area contributed by atoms with Gasteiger partial charge in [-0.3, -0.25) is 4.79 Å². The largest absolute Gasteiger partial charge is 0.311 e. The topological polar surface area (TPSA) is 42.0 Å². The molecule has 0 fully saturated rings. The Labute approximate surface area is 121 Å². The van der Waals surface area contributed by atoms with Crippen molar-refractivity contribution in [3.05, 3.63) is 58.2 Å². The first-order chi connectivity index (χ1) is 9.15. The maximum absolute atomic E-state index is 11.8. The van der Waals surface area contributed by atoms with Crippen LogP contribution in [-0.2, 0) is 11.2 Å². The lowest BCUT2D eigenvalue weighted by molar-refractivity contribution is -0.116. The summed E-state index contributed by atoms with van der Waals surface area (Å²) in [6.45, 7) is 2.06. The van der Waals surface area contributed by atoms with Gasteiger partial charge in [0, 0.05) is 17.1 Å². The van der Waals surface area contributed by atoms with Crippen molar-refractivity contribution < 1.29 is 4.79 Å². The van der Waals surface area contributed by atoms with E-state index in [1.165, 1.54) is 11.1 Å². The fraction of sp³-hybridized carbons (Fsp3) is 0.200. The van der Waals surface area contributed by atoms with Gasteiger partial charge in [-0.25, -0.2) is 4.98 Å². The molecule has 1 amide bonds. The number of rotatable bonds is 4. The minimum absolute atomic E-state index is 0.0157. The highest BCUT2D eigenvalue weighted by atomic mass is 79.9. The van der Waals surface area contributed by atoms with Crippen molar-refractivity contribution in [3.8, 4) is 0 Å². The van der Waals surface area contributed by atoms with Gasteiger partial charge in [0.15, 0.2) is 0 Å². The molecule has 1 N–H and O–H groups in total. The van der Waals surface area contributed by atoms with E-state index in [4.69, 9.17) is 0 Å². The molecule has 2 rings (SSSR count). The lowest BCUT2D eigenvalue weighted by Gasteiger charge is -2.06. The van der Waals surface area contributed by atoms with Gasteiger partial charge in [-0.1, -0.05) is 24.3 Å². The number of carbonyl (C=O) groups excluding carboxylic acids is 1. The molecule has 0 aliphatic rings. The Balaban J connectivity index is 1.88. The third-order valence-electron chi connectivity index (χ3n) is 2.88. The van der Waals surface area contributed by atoms with Gasteiger partial charge in [-0.05, 0) is 52.5 Å². The Morgan fingerprint density at radius 2 is 2.05 bits per heavy atom. The number of nitrogens with zero attached hydrogens (tertiary/aromatic N) is 1. The Morgan fingerprint density at radius 1 is 1.26 bits per heavy atom. The van der Waals surface area contributed by atoms with Crippen LogP contribution in [0.4, 0.5) is 5.82 Å². The fourth-order valence-electron chi connectivity index (χ4n) is 1.79. The lowest BCUT2D eigenvalue weighted by Crippen LogP contribution is -2.13. The van der Waals surface area contributed by atoms with Crippen LogP contribution in [0.15, 0.2) is 47.1 Å². The smallest absolute Gasteiger partial charge is 0.225 e. The molecule has 0 atom stereocenters. The number of amides is 1. The maximum atomic E-state index is 11.8. The second-order valence-electron chi connectivity index (χ2n) is 4.34. The Bertz CT molecular complexity index is 567. The summed E-state index contributed by atoms with van der Waals surface area (Å²) in [7, 11) is 0. The molecule has 0 saturated carbocycles. The van der Waals surface area contributed by atoms with Crippen LogP contribution in [-0.4, -0.2) is 10.9 Å². The van der Waals surface area contributed by atoms with Gasteiger partial charge >= 0.3 is 0 Å². The zero-order chi connectivity index (χ0) is 13.7. The van der Waals surface area contributed by atoms with E-state index in [-0.39, 0.29) is 5.91 Å². The van der Waals surface area contributed by atoms with Gasteiger partial charge in [-0.2, -0.15) is 0 Å². The van der Waals surface area contributed by atoms with Crippen LogP contribution in [0.2, 0.25) is 0 Å². The predicted molar refractivity (Wildman–Crippen MR) is 80.1 cm³/mol. The molecule has 1 aromatic carbocycles. The maximum Gasteiger partial charge on any atom is 0.225 e. The highest BCUT2D eigenvalue weighted by Crippen LogP contribution is 2.12. The predicted octanol–water partition coefficient (Wildman–Crippen LogP) is 3.72. The highest BCUT2D eigenvalue weighted by molar-refractivity contribution is 9.10. The summed E-state index contributed by atoms with van der Waals surface area (Å²) >= 11 is 3.31. The van der Waals surface area contributed by atoms with Gasteiger partial charge < -0.3 is 5.32 Å². The number of pyridine rings is 1. The van der Waals surface area contributed by atoms with Crippen LogP contribution < -0.4 is 5.32 Å². The van der Waals surface area contributed by atoms with Crippen LogP contribution in [0, 0.1) is 6.92 Å². The minimum atomic E-state index is -0.0157. The van der Waals surface area contributed by atoms with E-state index >= 15 is 0 Å². The third kappa shape index (κ3) is 4.17. The monoisotopic (exact) mass is 318 g/mol. The molecule has 1 heterocycles. The number of carbonyl (C=O) groups is 1. The Hall–Kier alpha value is -1.68. The molecule has 3 nitrogen and oxygen atoms in total. The number of halogens is 1. The molecule has 19 heavy (non-hydrogen) atoms. The number of hydrogen-bond donors (Lipinski definition) is 1. The molecular weight excluding hydrogens is 304 g/mol. The Morgan fingerprint density at radius 3 is 2.74 bits per heavy atom. The molecule has 4 heteroatoms. The summed E-state index contributed by atoms with van der Waals surface area (Å²) < 4.78 is 0.894. The van der Waals surface area contributed by atoms with E-state index in [0.717, 1.165) is 10.9 Å². The van der Waals surface area contributed by atoms with E-state index in [0.29, 0.717) is 12.2 Å². The van der Waals surface area contributed by atoms with Crippen LogP contribution in [0.25, 0.3) is 0 Å². The van der Waals surface area contributed by atoms with Crippen molar-refractivity contribution in [2.75, 3.05) is 5.32 Å². The molecule has 0 aliphatic heterocycles. The SMILES string of the molecule is Cc1ccccc1CCC(=O)Nc1ccc(Br)cn1. The molecule has 0 spiro atoms. The van der Waals surface area contributed by atoms with Crippen LogP contribution in [0.5, 0.6) is 0 Å². The molecule has 1 aromatic heterocycles. The van der Waals surface area contributed by atoms with Gasteiger partial charge in [-0.15, -0.1) is 0 Å². The molecule has 98 valence electrons. The zero-order valence-corrected chi connectivity index (χ0v) is 12.3. The highest BCUT2D eigenvalue weighted by Gasteiger charge is 2.05. The summed E-state index contributed by atoms with van der Waals surface area (Å²) in [5.41, 5.74) is 2.43. The summed E-state index contributed by atoms with van der Waals surface area (Å²) in [6.07, 6.45) is 2.87. The van der Waals surface area contributed by atoms with Crippen molar-refractivity contribution in [2.24, 2.45) is 0 Å². The quantitative estimate of drug-likeness (QED) is 0.933. The third-order valence-corrected chi connectivity index (χ3v) is 3.35. The van der Waals surface area contributed by atoms with E-state index in [9.17, 15) is 4.79 Å². The number of anilines is 1. The van der Waals surface area contributed by atoms with Gasteiger partial charge in [0.2, 0.25) is 5.91 Å². The second-order valence-corrected chi connectivity index (χ2v) is 5.25. The van der Waals surface area contributed by atoms with Crippen molar-refractivity contribution in [1.82, 2.24) is 4.98 Å². The van der Waals surface area contributed by atoms with E-state index in [1.54, 1.807) is 12.3 Å². The van der Waals surface area contributed by atoms with Crippen LogP contribution >= 0.6 is 15.9 Å². The molecule has 0 unspecified atom stereocenters. The van der Waals surface area contributed by atoms with E-state index < -0.39 is 0 Å². The van der Waals surface area contributed by atoms with Crippen LogP contribution in [0.1, 0.15) is 17.5 Å². The molecule has 0 bridgehead atoms.